The molecule has 0 aliphatic heterocycles. The lowest BCUT2D eigenvalue weighted by atomic mass is 10.0. The lowest BCUT2D eigenvalue weighted by Crippen LogP contribution is -2.05. The van der Waals surface area contributed by atoms with Crippen LogP contribution in [0.3, 0.4) is 0 Å². The zero-order valence-electron chi connectivity index (χ0n) is 8.63. The number of aryl methyl sites for hydroxylation is 1. The molecule has 0 spiro atoms. The lowest BCUT2D eigenvalue weighted by Gasteiger charge is -2.15. The second-order valence-electron chi connectivity index (χ2n) is 4.07. The number of halogens is 2. The van der Waals surface area contributed by atoms with Crippen molar-refractivity contribution in [2.45, 2.75) is 32.3 Å². The van der Waals surface area contributed by atoms with Crippen molar-refractivity contribution in [2.24, 2.45) is 5.92 Å². The maximum atomic E-state index is 13.6. The number of aliphatic hydroxyl groups excluding tert-OH is 1. The Balaban J connectivity index is 2.42. The summed E-state index contributed by atoms with van der Waals surface area (Å²) in [5.74, 6) is -0.194. The summed E-state index contributed by atoms with van der Waals surface area (Å²) < 4.78 is 13.6. The largest absolute Gasteiger partial charge is 0.388 e. The van der Waals surface area contributed by atoms with E-state index in [-0.39, 0.29) is 5.92 Å². The SMILES string of the molecule is CCc1ccc(F)c(C(O)C2CC2)c1Cl. The summed E-state index contributed by atoms with van der Waals surface area (Å²) >= 11 is 6.08. The molecule has 0 saturated heterocycles. The van der Waals surface area contributed by atoms with E-state index in [1.54, 1.807) is 6.07 Å². The van der Waals surface area contributed by atoms with Gasteiger partial charge in [0, 0.05) is 5.56 Å². The fourth-order valence-electron chi connectivity index (χ4n) is 1.81. The highest BCUT2D eigenvalue weighted by Gasteiger charge is 2.34. The van der Waals surface area contributed by atoms with Gasteiger partial charge in [0.1, 0.15) is 5.82 Å². The van der Waals surface area contributed by atoms with Gasteiger partial charge in [-0.1, -0.05) is 24.6 Å². The van der Waals surface area contributed by atoms with Gasteiger partial charge in [0.05, 0.1) is 11.1 Å². The van der Waals surface area contributed by atoms with Gasteiger partial charge in [-0.25, -0.2) is 4.39 Å². The van der Waals surface area contributed by atoms with E-state index >= 15 is 0 Å². The highest BCUT2D eigenvalue weighted by atomic mass is 35.5. The Labute approximate surface area is 93.9 Å². The lowest BCUT2D eigenvalue weighted by molar-refractivity contribution is 0.149. The Morgan fingerprint density at radius 1 is 1.53 bits per heavy atom. The van der Waals surface area contributed by atoms with E-state index < -0.39 is 11.9 Å². The van der Waals surface area contributed by atoms with Crippen molar-refractivity contribution in [1.82, 2.24) is 0 Å². The van der Waals surface area contributed by atoms with Crippen molar-refractivity contribution in [2.75, 3.05) is 0 Å². The van der Waals surface area contributed by atoms with Gasteiger partial charge in [0.15, 0.2) is 0 Å². The predicted octanol–water partition coefficient (Wildman–Crippen LogP) is 3.48. The van der Waals surface area contributed by atoms with Gasteiger partial charge in [0.2, 0.25) is 0 Å². The molecule has 1 aromatic carbocycles. The molecule has 0 radical (unpaired) electrons. The third-order valence-electron chi connectivity index (χ3n) is 2.95. The first-order valence-electron chi connectivity index (χ1n) is 5.30. The second-order valence-corrected chi connectivity index (χ2v) is 4.45. The van der Waals surface area contributed by atoms with E-state index in [4.69, 9.17) is 11.6 Å². The van der Waals surface area contributed by atoms with Crippen LogP contribution in [-0.2, 0) is 6.42 Å². The van der Waals surface area contributed by atoms with E-state index in [2.05, 4.69) is 0 Å². The van der Waals surface area contributed by atoms with Gasteiger partial charge in [0.25, 0.3) is 0 Å². The Bertz CT molecular complexity index is 374. The van der Waals surface area contributed by atoms with Crippen LogP contribution in [0.1, 0.15) is 37.0 Å². The van der Waals surface area contributed by atoms with Crippen LogP contribution < -0.4 is 0 Å². The highest BCUT2D eigenvalue weighted by molar-refractivity contribution is 6.32. The molecule has 1 nitrogen and oxygen atoms in total. The maximum absolute atomic E-state index is 13.6. The Morgan fingerprint density at radius 3 is 2.73 bits per heavy atom. The minimum atomic E-state index is -0.732. The first-order chi connectivity index (χ1) is 7.15. The highest BCUT2D eigenvalue weighted by Crippen LogP contribution is 2.44. The fourth-order valence-corrected chi connectivity index (χ4v) is 2.21. The molecule has 1 atom stereocenters. The van der Waals surface area contributed by atoms with Crippen molar-refractivity contribution in [3.63, 3.8) is 0 Å². The monoisotopic (exact) mass is 228 g/mol. The molecule has 2 rings (SSSR count). The molecular weight excluding hydrogens is 215 g/mol. The first kappa shape index (κ1) is 10.9. The van der Waals surface area contributed by atoms with Crippen LogP contribution in [0.4, 0.5) is 4.39 Å². The number of hydrogen-bond acceptors (Lipinski definition) is 1. The Morgan fingerprint density at radius 2 is 2.20 bits per heavy atom. The molecule has 1 unspecified atom stereocenters. The molecule has 82 valence electrons. The van der Waals surface area contributed by atoms with Gasteiger partial charge in [-0.05, 0) is 36.8 Å². The summed E-state index contributed by atoms with van der Waals surface area (Å²) in [7, 11) is 0. The quantitative estimate of drug-likeness (QED) is 0.840. The van der Waals surface area contributed by atoms with Crippen LogP contribution >= 0.6 is 11.6 Å². The molecule has 0 amide bonds. The fraction of sp³-hybridized carbons (Fsp3) is 0.500. The summed E-state index contributed by atoms with van der Waals surface area (Å²) in [5.41, 5.74) is 1.19. The number of aliphatic hydroxyl groups is 1. The third kappa shape index (κ3) is 2.01. The van der Waals surface area contributed by atoms with Crippen molar-refractivity contribution < 1.29 is 9.50 Å². The number of benzene rings is 1. The van der Waals surface area contributed by atoms with Crippen molar-refractivity contribution in [3.8, 4) is 0 Å². The standard InChI is InChI=1S/C12H14ClFO/c1-2-7-5-6-9(14)10(11(7)13)12(15)8-3-4-8/h5-6,8,12,15H,2-4H2,1H3. The average Bonchev–Trinajstić information content (AvgIpc) is 3.01. The average molecular weight is 229 g/mol. The summed E-state index contributed by atoms with van der Waals surface area (Å²) in [5, 5.41) is 10.3. The zero-order valence-corrected chi connectivity index (χ0v) is 9.39. The molecule has 0 heterocycles. The van der Waals surface area contributed by atoms with Crippen LogP contribution in [0.15, 0.2) is 12.1 Å². The van der Waals surface area contributed by atoms with Gasteiger partial charge in [-0.3, -0.25) is 0 Å². The molecule has 3 heteroatoms. The van der Waals surface area contributed by atoms with E-state index in [1.165, 1.54) is 6.07 Å². The van der Waals surface area contributed by atoms with Crippen LogP contribution in [-0.4, -0.2) is 5.11 Å². The third-order valence-corrected chi connectivity index (χ3v) is 3.40. The van der Waals surface area contributed by atoms with Crippen molar-refractivity contribution in [1.29, 1.82) is 0 Å². The molecule has 1 aliphatic carbocycles. The Hall–Kier alpha value is -0.600. The van der Waals surface area contributed by atoms with Crippen LogP contribution in [0, 0.1) is 11.7 Å². The van der Waals surface area contributed by atoms with E-state index in [0.717, 1.165) is 24.8 Å². The molecule has 0 bridgehead atoms. The normalized spacial score (nSPS) is 17.9. The maximum Gasteiger partial charge on any atom is 0.130 e. The van der Waals surface area contributed by atoms with Gasteiger partial charge in [-0.2, -0.15) is 0 Å². The number of hydrogen-bond donors (Lipinski definition) is 1. The summed E-state index contributed by atoms with van der Waals surface area (Å²) in [6.45, 7) is 1.96. The molecule has 1 saturated carbocycles. The molecule has 1 aromatic rings. The minimum Gasteiger partial charge on any atom is -0.388 e. The predicted molar refractivity (Wildman–Crippen MR) is 58.5 cm³/mol. The molecular formula is C12H14ClFO. The Kier molecular flexibility index (Phi) is 2.98. The number of rotatable bonds is 3. The summed E-state index contributed by atoms with van der Waals surface area (Å²) in [4.78, 5) is 0. The van der Waals surface area contributed by atoms with E-state index in [9.17, 15) is 9.50 Å². The smallest absolute Gasteiger partial charge is 0.130 e. The topological polar surface area (TPSA) is 20.2 Å². The van der Waals surface area contributed by atoms with Crippen LogP contribution in [0.2, 0.25) is 5.02 Å². The molecule has 0 aromatic heterocycles. The van der Waals surface area contributed by atoms with E-state index in [0.29, 0.717) is 10.6 Å². The molecule has 1 aliphatic rings. The minimum absolute atomic E-state index is 0.198. The van der Waals surface area contributed by atoms with Gasteiger partial charge < -0.3 is 5.11 Å². The first-order valence-corrected chi connectivity index (χ1v) is 5.67. The van der Waals surface area contributed by atoms with Gasteiger partial charge >= 0.3 is 0 Å². The van der Waals surface area contributed by atoms with Crippen molar-refractivity contribution in [3.05, 3.63) is 34.1 Å². The molecule has 1 N–H and O–H groups in total. The molecule has 15 heavy (non-hydrogen) atoms. The summed E-state index contributed by atoms with van der Waals surface area (Å²) in [6.07, 6.45) is 1.95. The summed E-state index contributed by atoms with van der Waals surface area (Å²) in [6, 6.07) is 3.08. The van der Waals surface area contributed by atoms with Gasteiger partial charge in [-0.15, -0.1) is 0 Å². The molecule has 1 fully saturated rings. The second kappa shape index (κ2) is 4.11. The van der Waals surface area contributed by atoms with Crippen LogP contribution in [0.25, 0.3) is 0 Å². The van der Waals surface area contributed by atoms with Crippen LogP contribution in [0.5, 0.6) is 0 Å². The zero-order chi connectivity index (χ0) is 11.0. The van der Waals surface area contributed by atoms with E-state index in [1.807, 2.05) is 6.92 Å². The van der Waals surface area contributed by atoms with Crippen molar-refractivity contribution >= 4 is 11.6 Å².